The number of hydrogen-bond acceptors (Lipinski definition) is 8. The smallest absolute Gasteiger partial charge is 0.478 e. The second kappa shape index (κ2) is 9.46. The summed E-state index contributed by atoms with van der Waals surface area (Å²) in [6.07, 6.45) is 0.782. The SMILES string of the molecule is CC(=O)C[C@@H]1CC[C@H](NC(=O)/C(=N\OCC(=O)O)c2cccs2)B(O)O1. The molecule has 1 fully saturated rings. The summed E-state index contributed by atoms with van der Waals surface area (Å²) in [7, 11) is -1.25. The van der Waals surface area contributed by atoms with Crippen LogP contribution in [0.2, 0.25) is 0 Å². The molecule has 0 spiro atoms. The van der Waals surface area contributed by atoms with Crippen molar-refractivity contribution in [3.05, 3.63) is 22.4 Å². The molecule has 1 aliphatic rings. The molecular formula is C15H19BN2O7S. The molecule has 3 N–H and O–H groups in total. The van der Waals surface area contributed by atoms with E-state index in [4.69, 9.17) is 9.76 Å². The summed E-state index contributed by atoms with van der Waals surface area (Å²) in [5.74, 6) is -2.54. The molecule has 140 valence electrons. The van der Waals surface area contributed by atoms with Gasteiger partial charge in [0.15, 0.2) is 5.71 Å². The maximum absolute atomic E-state index is 12.5. The molecule has 2 heterocycles. The van der Waals surface area contributed by atoms with E-state index in [9.17, 15) is 19.4 Å². The number of ketones is 1. The average Bonchev–Trinajstić information content (AvgIpc) is 3.07. The van der Waals surface area contributed by atoms with E-state index in [2.05, 4.69) is 15.3 Å². The van der Waals surface area contributed by atoms with Gasteiger partial charge in [-0.2, -0.15) is 0 Å². The highest BCUT2D eigenvalue weighted by Gasteiger charge is 2.37. The van der Waals surface area contributed by atoms with Crippen molar-refractivity contribution in [3.63, 3.8) is 0 Å². The zero-order chi connectivity index (χ0) is 19.1. The van der Waals surface area contributed by atoms with Crippen LogP contribution in [0.3, 0.4) is 0 Å². The lowest BCUT2D eigenvalue weighted by Gasteiger charge is -2.31. The van der Waals surface area contributed by atoms with Crippen molar-refractivity contribution in [1.82, 2.24) is 5.32 Å². The Labute approximate surface area is 154 Å². The van der Waals surface area contributed by atoms with Gasteiger partial charge in [0, 0.05) is 12.5 Å². The fourth-order valence-electron chi connectivity index (χ4n) is 2.48. The highest BCUT2D eigenvalue weighted by atomic mass is 32.1. The molecule has 26 heavy (non-hydrogen) atoms. The number of carboxylic acids is 1. The molecule has 1 amide bonds. The molecule has 2 rings (SSSR count). The van der Waals surface area contributed by atoms with Crippen LogP contribution in [-0.2, 0) is 23.9 Å². The van der Waals surface area contributed by atoms with Gasteiger partial charge in [0.2, 0.25) is 6.61 Å². The summed E-state index contributed by atoms with van der Waals surface area (Å²) in [4.78, 5) is 39.4. The minimum absolute atomic E-state index is 0.0348. The fraction of sp³-hybridized carbons (Fsp3) is 0.467. The lowest BCUT2D eigenvalue weighted by Crippen LogP contribution is -2.54. The molecule has 1 aromatic heterocycles. The van der Waals surface area contributed by atoms with Gasteiger partial charge < -0.3 is 24.9 Å². The van der Waals surface area contributed by atoms with Crippen molar-refractivity contribution in [1.29, 1.82) is 0 Å². The van der Waals surface area contributed by atoms with Crippen LogP contribution < -0.4 is 5.32 Å². The molecule has 11 heteroatoms. The average molecular weight is 382 g/mol. The molecule has 0 aliphatic carbocycles. The molecule has 0 unspecified atom stereocenters. The number of amides is 1. The standard InChI is InChI=1S/C15H19BN2O7S/c1-9(19)7-10-4-5-12(16(23)25-10)17-15(22)14(11-3-2-6-26-11)18-24-8-13(20)21/h2-3,6,10,12,23H,4-5,7-8H2,1H3,(H,17,22)(H,20,21)/b18-14-/t10-,12-/m0/s1. The van der Waals surface area contributed by atoms with Crippen molar-refractivity contribution in [2.45, 2.75) is 38.2 Å². The lowest BCUT2D eigenvalue weighted by atomic mass is 9.72. The normalized spacial score (nSPS) is 20.5. The van der Waals surface area contributed by atoms with Gasteiger partial charge in [0.1, 0.15) is 5.78 Å². The van der Waals surface area contributed by atoms with E-state index >= 15 is 0 Å². The lowest BCUT2D eigenvalue weighted by molar-refractivity contribution is -0.142. The van der Waals surface area contributed by atoms with Crippen LogP contribution in [0.4, 0.5) is 0 Å². The van der Waals surface area contributed by atoms with E-state index in [1.165, 1.54) is 18.3 Å². The van der Waals surface area contributed by atoms with Gasteiger partial charge in [0.25, 0.3) is 5.91 Å². The number of rotatable bonds is 8. The molecule has 0 aromatic carbocycles. The minimum atomic E-state index is -1.25. The molecule has 2 atom stereocenters. The maximum atomic E-state index is 12.5. The van der Waals surface area contributed by atoms with Crippen LogP contribution in [-0.4, -0.2) is 59.3 Å². The third-order valence-electron chi connectivity index (χ3n) is 3.62. The number of Topliss-reactive ketones (excluding diaryl/α,β-unsaturated/α-hetero) is 1. The van der Waals surface area contributed by atoms with E-state index in [1.807, 2.05) is 0 Å². The Morgan fingerprint density at radius 3 is 2.81 bits per heavy atom. The Balaban J connectivity index is 2.00. The Kier molecular flexibility index (Phi) is 7.31. The Bertz CT molecular complexity index is 680. The first kappa shape index (κ1) is 20.1. The first-order valence-electron chi connectivity index (χ1n) is 7.96. The third kappa shape index (κ3) is 5.93. The number of oxime groups is 1. The van der Waals surface area contributed by atoms with Crippen molar-refractivity contribution in [3.8, 4) is 0 Å². The molecule has 0 bridgehead atoms. The van der Waals surface area contributed by atoms with Crippen LogP contribution in [0.25, 0.3) is 0 Å². The topological polar surface area (TPSA) is 135 Å². The van der Waals surface area contributed by atoms with E-state index < -0.39 is 31.5 Å². The van der Waals surface area contributed by atoms with E-state index in [0.29, 0.717) is 17.7 Å². The first-order chi connectivity index (χ1) is 12.4. The maximum Gasteiger partial charge on any atom is 0.478 e. The second-order valence-electron chi connectivity index (χ2n) is 5.80. The van der Waals surface area contributed by atoms with Crippen LogP contribution in [0.1, 0.15) is 31.1 Å². The first-order valence-corrected chi connectivity index (χ1v) is 8.84. The molecule has 0 radical (unpaired) electrons. The predicted octanol–water partition coefficient (Wildman–Crippen LogP) is 0.216. The predicted molar refractivity (Wildman–Crippen MR) is 93.8 cm³/mol. The molecular weight excluding hydrogens is 363 g/mol. The van der Waals surface area contributed by atoms with Gasteiger partial charge in [-0.25, -0.2) is 4.79 Å². The Morgan fingerprint density at radius 2 is 2.23 bits per heavy atom. The molecule has 1 aliphatic heterocycles. The van der Waals surface area contributed by atoms with Crippen molar-refractivity contribution < 1.29 is 34.0 Å². The summed E-state index contributed by atoms with van der Waals surface area (Å²) in [5, 5.41) is 26.7. The van der Waals surface area contributed by atoms with E-state index in [0.717, 1.165) is 0 Å². The quantitative estimate of drug-likeness (QED) is 0.332. The number of aliphatic carboxylic acids is 1. The number of carbonyl (C=O) groups is 3. The van der Waals surface area contributed by atoms with Gasteiger partial charge in [-0.3, -0.25) is 9.59 Å². The molecule has 0 saturated carbocycles. The number of carboxylic acid groups (broad SMARTS) is 1. The van der Waals surface area contributed by atoms with Crippen molar-refractivity contribution in [2.75, 3.05) is 6.61 Å². The number of nitrogens with one attached hydrogen (secondary N) is 1. The zero-order valence-corrected chi connectivity index (χ0v) is 14.9. The fourth-order valence-corrected chi connectivity index (χ4v) is 3.19. The minimum Gasteiger partial charge on any atom is -0.479 e. The summed E-state index contributed by atoms with van der Waals surface area (Å²) in [5.41, 5.74) is -0.0840. The summed E-state index contributed by atoms with van der Waals surface area (Å²) >= 11 is 1.24. The van der Waals surface area contributed by atoms with Gasteiger partial charge in [0.05, 0.1) is 10.8 Å². The number of carbonyl (C=O) groups excluding carboxylic acids is 2. The van der Waals surface area contributed by atoms with Crippen LogP contribution in [0, 0.1) is 0 Å². The summed E-state index contributed by atoms with van der Waals surface area (Å²) in [6, 6.07) is 3.36. The van der Waals surface area contributed by atoms with Crippen LogP contribution in [0.15, 0.2) is 22.7 Å². The second-order valence-corrected chi connectivity index (χ2v) is 6.74. The zero-order valence-electron chi connectivity index (χ0n) is 14.1. The highest BCUT2D eigenvalue weighted by Crippen LogP contribution is 2.19. The van der Waals surface area contributed by atoms with Gasteiger partial charge in [-0.15, -0.1) is 11.3 Å². The Morgan fingerprint density at radius 1 is 1.46 bits per heavy atom. The summed E-state index contributed by atoms with van der Waals surface area (Å²) < 4.78 is 5.37. The number of nitrogens with zero attached hydrogens (tertiary/aromatic N) is 1. The molecule has 1 saturated heterocycles. The number of thiophene rings is 1. The van der Waals surface area contributed by atoms with Crippen LogP contribution in [0.5, 0.6) is 0 Å². The van der Waals surface area contributed by atoms with E-state index in [1.54, 1.807) is 17.5 Å². The number of hydrogen-bond donors (Lipinski definition) is 3. The third-order valence-corrected chi connectivity index (χ3v) is 4.50. The van der Waals surface area contributed by atoms with Gasteiger partial charge >= 0.3 is 13.1 Å². The van der Waals surface area contributed by atoms with Gasteiger partial charge in [-0.1, -0.05) is 11.2 Å². The van der Waals surface area contributed by atoms with E-state index in [-0.39, 0.29) is 24.0 Å². The van der Waals surface area contributed by atoms with Crippen molar-refractivity contribution >= 4 is 41.8 Å². The highest BCUT2D eigenvalue weighted by molar-refractivity contribution is 7.13. The Hall–Kier alpha value is -2.24. The van der Waals surface area contributed by atoms with Gasteiger partial charge in [-0.05, 0) is 31.2 Å². The summed E-state index contributed by atoms with van der Waals surface area (Å²) in [6.45, 7) is 0.772. The monoisotopic (exact) mass is 382 g/mol. The molecule has 1 aromatic rings. The molecule has 9 nitrogen and oxygen atoms in total. The van der Waals surface area contributed by atoms with Crippen LogP contribution >= 0.6 is 11.3 Å². The largest absolute Gasteiger partial charge is 0.479 e. The van der Waals surface area contributed by atoms with Crippen molar-refractivity contribution in [2.24, 2.45) is 5.16 Å².